The third-order valence-electron chi connectivity index (χ3n) is 4.92. The molecule has 1 spiro atoms. The molecule has 3 saturated heterocycles. The molecule has 0 saturated carbocycles. The van der Waals surface area contributed by atoms with Crippen molar-refractivity contribution in [3.05, 3.63) is 0 Å². The molecule has 0 aromatic heterocycles. The van der Waals surface area contributed by atoms with Crippen LogP contribution in [0.2, 0.25) is 0 Å². The second-order valence-electron chi connectivity index (χ2n) is 6.02. The van der Waals surface area contributed by atoms with Crippen molar-refractivity contribution in [1.82, 2.24) is 4.90 Å². The quantitative estimate of drug-likeness (QED) is 0.818. The summed E-state index contributed by atoms with van der Waals surface area (Å²) in [5.41, 5.74) is -0.0488. The fraction of sp³-hybridized carbons (Fsp3) is 0.929. The van der Waals surface area contributed by atoms with E-state index in [2.05, 4.69) is 4.90 Å². The van der Waals surface area contributed by atoms with Crippen molar-refractivity contribution in [3.63, 3.8) is 0 Å². The summed E-state index contributed by atoms with van der Waals surface area (Å²) < 4.78 is 11.5. The van der Waals surface area contributed by atoms with Gasteiger partial charge in [-0.25, -0.2) is 0 Å². The minimum Gasteiger partial charge on any atom is -0.480 e. The maximum absolute atomic E-state index is 11.3. The SMILES string of the molecule is O=C(O)C1CCCN1C1CCOC2(CCOCC2)C1. The summed E-state index contributed by atoms with van der Waals surface area (Å²) in [4.78, 5) is 13.5. The first kappa shape index (κ1) is 13.3. The first-order chi connectivity index (χ1) is 9.20. The van der Waals surface area contributed by atoms with Gasteiger partial charge in [0.2, 0.25) is 0 Å². The molecular weight excluding hydrogens is 246 g/mol. The number of hydrogen-bond acceptors (Lipinski definition) is 4. The average molecular weight is 269 g/mol. The van der Waals surface area contributed by atoms with Crippen LogP contribution in [0.3, 0.4) is 0 Å². The number of likely N-dealkylation sites (tertiary alicyclic amines) is 1. The number of hydrogen-bond donors (Lipinski definition) is 1. The molecule has 2 unspecified atom stereocenters. The second kappa shape index (κ2) is 5.38. The fourth-order valence-electron chi connectivity index (χ4n) is 3.87. The number of nitrogens with zero attached hydrogens (tertiary/aromatic N) is 1. The molecule has 5 heteroatoms. The number of carbonyl (C=O) groups is 1. The van der Waals surface area contributed by atoms with E-state index < -0.39 is 5.97 Å². The summed E-state index contributed by atoms with van der Waals surface area (Å²) in [5.74, 6) is -0.662. The highest BCUT2D eigenvalue weighted by atomic mass is 16.5. The second-order valence-corrected chi connectivity index (χ2v) is 6.02. The third kappa shape index (κ3) is 2.64. The van der Waals surface area contributed by atoms with Gasteiger partial charge < -0.3 is 14.6 Å². The van der Waals surface area contributed by atoms with Crippen LogP contribution in [0, 0.1) is 0 Å². The van der Waals surface area contributed by atoms with Crippen LogP contribution in [0.1, 0.15) is 38.5 Å². The van der Waals surface area contributed by atoms with Gasteiger partial charge in [-0.15, -0.1) is 0 Å². The van der Waals surface area contributed by atoms with Gasteiger partial charge in [-0.3, -0.25) is 9.69 Å². The van der Waals surface area contributed by atoms with Gasteiger partial charge in [0.15, 0.2) is 0 Å². The fourth-order valence-corrected chi connectivity index (χ4v) is 3.87. The molecule has 5 nitrogen and oxygen atoms in total. The molecule has 108 valence electrons. The summed E-state index contributed by atoms with van der Waals surface area (Å²) in [6.07, 6.45) is 5.64. The summed E-state index contributed by atoms with van der Waals surface area (Å²) in [6.45, 7) is 3.23. The van der Waals surface area contributed by atoms with Crippen molar-refractivity contribution in [2.75, 3.05) is 26.4 Å². The third-order valence-corrected chi connectivity index (χ3v) is 4.92. The van der Waals surface area contributed by atoms with Crippen LogP contribution < -0.4 is 0 Å². The Hall–Kier alpha value is -0.650. The Bertz CT molecular complexity index is 335. The molecule has 0 aromatic rings. The zero-order chi connectivity index (χ0) is 13.3. The minimum absolute atomic E-state index is 0.0488. The Labute approximate surface area is 113 Å². The normalized spacial score (nSPS) is 35.6. The first-order valence-corrected chi connectivity index (χ1v) is 7.40. The predicted octanol–water partition coefficient (Wildman–Crippen LogP) is 1.26. The van der Waals surface area contributed by atoms with Crippen molar-refractivity contribution in [3.8, 4) is 0 Å². The van der Waals surface area contributed by atoms with E-state index in [9.17, 15) is 9.90 Å². The van der Waals surface area contributed by atoms with Gasteiger partial charge in [0.1, 0.15) is 6.04 Å². The van der Waals surface area contributed by atoms with E-state index >= 15 is 0 Å². The van der Waals surface area contributed by atoms with Gasteiger partial charge in [-0.2, -0.15) is 0 Å². The molecule has 3 aliphatic rings. The Morgan fingerprint density at radius 1 is 1.21 bits per heavy atom. The molecule has 0 amide bonds. The smallest absolute Gasteiger partial charge is 0.320 e. The molecule has 3 rings (SSSR count). The van der Waals surface area contributed by atoms with E-state index in [1.807, 2.05) is 0 Å². The summed E-state index contributed by atoms with van der Waals surface area (Å²) >= 11 is 0. The average Bonchev–Trinajstić information content (AvgIpc) is 2.89. The summed E-state index contributed by atoms with van der Waals surface area (Å²) in [5, 5.41) is 9.32. The number of aliphatic carboxylic acids is 1. The van der Waals surface area contributed by atoms with Crippen LogP contribution in [0.5, 0.6) is 0 Å². The van der Waals surface area contributed by atoms with Gasteiger partial charge in [-0.1, -0.05) is 0 Å². The minimum atomic E-state index is -0.662. The maximum Gasteiger partial charge on any atom is 0.320 e. The molecule has 1 N–H and O–H groups in total. The largest absolute Gasteiger partial charge is 0.480 e. The Balaban J connectivity index is 1.69. The van der Waals surface area contributed by atoms with E-state index in [1.165, 1.54) is 0 Å². The van der Waals surface area contributed by atoms with Gasteiger partial charge in [0.05, 0.1) is 5.60 Å². The van der Waals surface area contributed by atoms with Crippen LogP contribution >= 0.6 is 0 Å². The van der Waals surface area contributed by atoms with E-state index in [0.29, 0.717) is 6.04 Å². The first-order valence-electron chi connectivity index (χ1n) is 7.40. The molecule has 2 atom stereocenters. The van der Waals surface area contributed by atoms with E-state index in [1.54, 1.807) is 0 Å². The zero-order valence-corrected chi connectivity index (χ0v) is 11.3. The molecule has 3 aliphatic heterocycles. The highest BCUT2D eigenvalue weighted by Crippen LogP contribution is 2.38. The number of ether oxygens (including phenoxy) is 2. The molecule has 0 aromatic carbocycles. The number of carboxylic acid groups (broad SMARTS) is 1. The molecule has 3 heterocycles. The van der Waals surface area contributed by atoms with E-state index in [0.717, 1.165) is 64.9 Å². The molecule has 0 aliphatic carbocycles. The Kier molecular flexibility index (Phi) is 3.78. The molecule has 3 fully saturated rings. The van der Waals surface area contributed by atoms with Crippen molar-refractivity contribution >= 4 is 5.97 Å². The highest BCUT2D eigenvalue weighted by molar-refractivity contribution is 5.73. The standard InChI is InChI=1S/C14H23NO4/c16-13(17)12-2-1-6-15(12)11-3-7-19-14(10-11)4-8-18-9-5-14/h11-12H,1-10H2,(H,16,17). The topological polar surface area (TPSA) is 59.0 Å². The van der Waals surface area contributed by atoms with Crippen molar-refractivity contribution in [2.24, 2.45) is 0 Å². The van der Waals surface area contributed by atoms with Crippen LogP contribution in [-0.2, 0) is 14.3 Å². The van der Waals surface area contributed by atoms with Crippen molar-refractivity contribution in [1.29, 1.82) is 0 Å². The van der Waals surface area contributed by atoms with Crippen LogP contribution in [0.15, 0.2) is 0 Å². The molecular formula is C14H23NO4. The lowest BCUT2D eigenvalue weighted by atomic mass is 9.83. The zero-order valence-electron chi connectivity index (χ0n) is 11.3. The van der Waals surface area contributed by atoms with Gasteiger partial charge in [-0.05, 0) is 45.1 Å². The number of rotatable bonds is 2. The van der Waals surface area contributed by atoms with Crippen LogP contribution in [0.25, 0.3) is 0 Å². The summed E-state index contributed by atoms with van der Waals surface area (Å²) in [6, 6.07) is 0.0930. The molecule has 19 heavy (non-hydrogen) atoms. The van der Waals surface area contributed by atoms with Gasteiger partial charge in [0, 0.05) is 25.9 Å². The molecule has 0 radical (unpaired) electrons. The van der Waals surface area contributed by atoms with E-state index in [-0.39, 0.29) is 11.6 Å². The Morgan fingerprint density at radius 3 is 2.74 bits per heavy atom. The van der Waals surface area contributed by atoms with Crippen LogP contribution in [0.4, 0.5) is 0 Å². The van der Waals surface area contributed by atoms with Crippen LogP contribution in [-0.4, -0.2) is 60.0 Å². The van der Waals surface area contributed by atoms with Crippen molar-refractivity contribution in [2.45, 2.75) is 56.2 Å². The predicted molar refractivity (Wildman–Crippen MR) is 69.1 cm³/mol. The van der Waals surface area contributed by atoms with E-state index in [4.69, 9.17) is 9.47 Å². The Morgan fingerprint density at radius 2 is 2.00 bits per heavy atom. The lowest BCUT2D eigenvalue weighted by Gasteiger charge is -2.46. The number of carboxylic acids is 1. The van der Waals surface area contributed by atoms with Crippen molar-refractivity contribution < 1.29 is 19.4 Å². The molecule has 0 bridgehead atoms. The van der Waals surface area contributed by atoms with Gasteiger partial charge >= 0.3 is 5.97 Å². The maximum atomic E-state index is 11.3. The lowest BCUT2D eigenvalue weighted by molar-refractivity contribution is -0.159. The monoisotopic (exact) mass is 269 g/mol. The van der Waals surface area contributed by atoms with Gasteiger partial charge in [0.25, 0.3) is 0 Å². The summed E-state index contributed by atoms with van der Waals surface area (Å²) in [7, 11) is 0. The lowest BCUT2D eigenvalue weighted by Crippen LogP contribution is -2.53. The highest BCUT2D eigenvalue weighted by Gasteiger charge is 2.44.